The summed E-state index contributed by atoms with van der Waals surface area (Å²) in [5, 5.41) is 32.3. The van der Waals surface area contributed by atoms with E-state index < -0.39 is 40.4 Å². The van der Waals surface area contributed by atoms with Gasteiger partial charge in [-0.2, -0.15) is 8.42 Å². The van der Waals surface area contributed by atoms with E-state index in [9.17, 15) is 23.7 Å². The second-order valence-electron chi connectivity index (χ2n) is 5.35. The fraction of sp³-hybridized carbons (Fsp3) is 0.571. The van der Waals surface area contributed by atoms with Gasteiger partial charge in [-0.3, -0.25) is 4.18 Å². The van der Waals surface area contributed by atoms with Gasteiger partial charge in [0.25, 0.3) is 10.1 Å². The van der Waals surface area contributed by atoms with Crippen LogP contribution in [0.15, 0.2) is 29.2 Å². The molecule has 1 fully saturated rings. The van der Waals surface area contributed by atoms with Crippen molar-refractivity contribution >= 4 is 21.9 Å². The molecule has 1 aliphatic heterocycles. The van der Waals surface area contributed by atoms with Crippen LogP contribution in [0.25, 0.3) is 0 Å². The largest absolute Gasteiger partial charge is 0.388 e. The number of aliphatic hydroxyl groups excluding tert-OH is 3. The molecule has 1 aromatic carbocycles. The molecule has 2 rings (SSSR count). The summed E-state index contributed by atoms with van der Waals surface area (Å²) in [5.74, 6) is 0.794. The van der Waals surface area contributed by atoms with Crippen molar-refractivity contribution in [3.8, 4) is 0 Å². The third-order valence-electron chi connectivity index (χ3n) is 3.50. The molecule has 1 unspecified atom stereocenters. The monoisotopic (exact) mass is 363 g/mol. The Hall–Kier alpha value is -0.680. The van der Waals surface area contributed by atoms with Gasteiger partial charge in [-0.25, -0.2) is 0 Å². The molecule has 1 aliphatic rings. The topological polar surface area (TPSA) is 116 Å². The first kappa shape index (κ1) is 18.7. The van der Waals surface area contributed by atoms with E-state index in [0.29, 0.717) is 6.54 Å². The zero-order chi connectivity index (χ0) is 17.0. The Balaban J connectivity index is 1.92. The number of benzene rings is 1. The Kier molecular flexibility index (Phi) is 6.43. The maximum atomic E-state index is 12.0. The SMILES string of the molecule is Cc1ccc(S(=O)(=O)OC[C@@H](O)[C@@H](O)[C@H](O)C2NCCS2)cc1. The minimum absolute atomic E-state index is 0.0293. The van der Waals surface area contributed by atoms with Crippen LogP contribution in [-0.2, 0) is 14.3 Å². The van der Waals surface area contributed by atoms with Crippen molar-refractivity contribution in [1.29, 1.82) is 0 Å². The Morgan fingerprint density at radius 2 is 1.96 bits per heavy atom. The lowest BCUT2D eigenvalue weighted by molar-refractivity contribution is -0.0736. The standard InChI is InChI=1S/C14H21NO6S2/c1-9-2-4-10(5-3-9)23(19,20)21-8-11(16)12(17)13(18)14-15-6-7-22-14/h2-5,11-18H,6-8H2,1H3/t11-,12-,13+,14?/m1/s1. The first-order valence-electron chi connectivity index (χ1n) is 7.16. The normalized spacial score (nSPS) is 22.7. The van der Waals surface area contributed by atoms with Gasteiger partial charge in [0.15, 0.2) is 0 Å². The quantitative estimate of drug-likeness (QED) is 0.477. The zero-order valence-corrected chi connectivity index (χ0v) is 14.3. The molecule has 0 saturated carbocycles. The first-order valence-corrected chi connectivity index (χ1v) is 9.62. The van der Waals surface area contributed by atoms with Crippen molar-refractivity contribution in [1.82, 2.24) is 5.32 Å². The molecule has 7 nitrogen and oxygen atoms in total. The lowest BCUT2D eigenvalue weighted by atomic mass is 10.1. The maximum absolute atomic E-state index is 12.0. The number of aryl methyl sites for hydroxylation is 1. The average molecular weight is 363 g/mol. The van der Waals surface area contributed by atoms with Crippen molar-refractivity contribution < 1.29 is 27.9 Å². The third kappa shape index (κ3) is 4.90. The van der Waals surface area contributed by atoms with Gasteiger partial charge in [-0.15, -0.1) is 11.8 Å². The van der Waals surface area contributed by atoms with Crippen LogP contribution in [0, 0.1) is 6.92 Å². The number of rotatable bonds is 7. The molecule has 4 N–H and O–H groups in total. The van der Waals surface area contributed by atoms with Crippen LogP contribution in [0.3, 0.4) is 0 Å². The maximum Gasteiger partial charge on any atom is 0.297 e. The summed E-state index contributed by atoms with van der Waals surface area (Å²) in [6.45, 7) is 1.90. The third-order valence-corrected chi connectivity index (χ3v) is 6.04. The van der Waals surface area contributed by atoms with E-state index >= 15 is 0 Å². The second-order valence-corrected chi connectivity index (χ2v) is 8.21. The lowest BCUT2D eigenvalue weighted by Crippen LogP contribution is -2.48. The Bertz CT molecular complexity index is 600. The average Bonchev–Trinajstić information content (AvgIpc) is 3.06. The Labute approximate surface area is 139 Å². The molecule has 0 bridgehead atoms. The molecule has 9 heteroatoms. The molecule has 23 heavy (non-hydrogen) atoms. The van der Waals surface area contributed by atoms with Crippen molar-refractivity contribution in [2.45, 2.75) is 35.5 Å². The van der Waals surface area contributed by atoms with Gasteiger partial charge in [0.05, 0.1) is 16.9 Å². The Morgan fingerprint density at radius 1 is 1.30 bits per heavy atom. The Morgan fingerprint density at radius 3 is 2.52 bits per heavy atom. The number of thioether (sulfide) groups is 1. The zero-order valence-electron chi connectivity index (χ0n) is 12.6. The molecule has 0 spiro atoms. The fourth-order valence-corrected chi connectivity index (χ4v) is 4.11. The molecule has 130 valence electrons. The van der Waals surface area contributed by atoms with Crippen LogP contribution >= 0.6 is 11.8 Å². The van der Waals surface area contributed by atoms with Gasteiger partial charge in [0, 0.05) is 12.3 Å². The highest BCUT2D eigenvalue weighted by Gasteiger charge is 2.34. The van der Waals surface area contributed by atoms with Gasteiger partial charge < -0.3 is 20.6 Å². The van der Waals surface area contributed by atoms with Gasteiger partial charge in [0.1, 0.15) is 18.3 Å². The van der Waals surface area contributed by atoms with Gasteiger partial charge in [0.2, 0.25) is 0 Å². The summed E-state index contributed by atoms with van der Waals surface area (Å²) >= 11 is 1.43. The van der Waals surface area contributed by atoms with Gasteiger partial charge in [-0.05, 0) is 19.1 Å². The summed E-state index contributed by atoms with van der Waals surface area (Å²) in [7, 11) is -4.02. The summed E-state index contributed by atoms with van der Waals surface area (Å²) in [6, 6.07) is 6.07. The molecule has 1 saturated heterocycles. The van der Waals surface area contributed by atoms with Crippen LogP contribution in [0.1, 0.15) is 5.56 Å². The van der Waals surface area contributed by atoms with Crippen LogP contribution < -0.4 is 5.32 Å². The predicted molar refractivity (Wildman–Crippen MR) is 86.6 cm³/mol. The van der Waals surface area contributed by atoms with Crippen LogP contribution in [-0.4, -0.2) is 66.3 Å². The fourth-order valence-electron chi connectivity index (χ4n) is 2.10. The molecule has 0 aromatic heterocycles. The number of hydrogen-bond acceptors (Lipinski definition) is 8. The molecule has 1 aromatic rings. The van der Waals surface area contributed by atoms with Crippen molar-refractivity contribution in [3.05, 3.63) is 29.8 Å². The summed E-state index contributed by atoms with van der Waals surface area (Å²) in [6.07, 6.45) is -4.25. The molecular formula is C14H21NO6S2. The van der Waals surface area contributed by atoms with E-state index in [-0.39, 0.29) is 4.90 Å². The van der Waals surface area contributed by atoms with E-state index in [1.54, 1.807) is 12.1 Å². The van der Waals surface area contributed by atoms with E-state index in [4.69, 9.17) is 4.18 Å². The van der Waals surface area contributed by atoms with Crippen LogP contribution in [0.2, 0.25) is 0 Å². The molecule has 0 aliphatic carbocycles. The molecule has 0 amide bonds. The molecule has 4 atom stereocenters. The van der Waals surface area contributed by atoms with E-state index in [1.165, 1.54) is 23.9 Å². The lowest BCUT2D eigenvalue weighted by Gasteiger charge is -2.26. The number of nitrogens with one attached hydrogen (secondary N) is 1. The highest BCUT2D eigenvalue weighted by Crippen LogP contribution is 2.21. The molecular weight excluding hydrogens is 342 g/mol. The highest BCUT2D eigenvalue weighted by molar-refractivity contribution is 8.00. The number of hydrogen-bond donors (Lipinski definition) is 4. The summed E-state index contributed by atoms with van der Waals surface area (Å²) < 4.78 is 28.8. The second kappa shape index (κ2) is 7.93. The first-order chi connectivity index (χ1) is 10.8. The van der Waals surface area contributed by atoms with E-state index in [2.05, 4.69) is 5.32 Å². The minimum Gasteiger partial charge on any atom is -0.388 e. The predicted octanol–water partition coefficient (Wildman–Crippen LogP) is -0.554. The summed E-state index contributed by atoms with van der Waals surface area (Å²) in [4.78, 5) is -0.0293. The van der Waals surface area contributed by atoms with Crippen molar-refractivity contribution in [3.63, 3.8) is 0 Å². The van der Waals surface area contributed by atoms with E-state index in [1.807, 2.05) is 6.92 Å². The highest BCUT2D eigenvalue weighted by atomic mass is 32.2. The smallest absolute Gasteiger partial charge is 0.297 e. The van der Waals surface area contributed by atoms with Crippen LogP contribution in [0.4, 0.5) is 0 Å². The van der Waals surface area contributed by atoms with E-state index in [0.717, 1.165) is 11.3 Å². The van der Waals surface area contributed by atoms with Gasteiger partial charge >= 0.3 is 0 Å². The number of aliphatic hydroxyl groups is 3. The van der Waals surface area contributed by atoms with Gasteiger partial charge in [-0.1, -0.05) is 17.7 Å². The van der Waals surface area contributed by atoms with Crippen molar-refractivity contribution in [2.75, 3.05) is 18.9 Å². The van der Waals surface area contributed by atoms with Crippen LogP contribution in [0.5, 0.6) is 0 Å². The summed E-state index contributed by atoms with van der Waals surface area (Å²) in [5.41, 5.74) is 0.907. The van der Waals surface area contributed by atoms with Crippen molar-refractivity contribution in [2.24, 2.45) is 0 Å². The molecule has 1 heterocycles. The minimum atomic E-state index is -4.02. The molecule has 0 radical (unpaired) electrons.